The summed E-state index contributed by atoms with van der Waals surface area (Å²) >= 11 is 0. The number of nitrogens with zero attached hydrogens (tertiary/aromatic N) is 1. The summed E-state index contributed by atoms with van der Waals surface area (Å²) in [5.74, 6) is -0.407. The maximum Gasteiger partial charge on any atom is 0.410 e. The molecule has 20 heavy (non-hydrogen) atoms. The average Bonchev–Trinajstić information content (AvgIpc) is 2.73. The third-order valence-electron chi connectivity index (χ3n) is 3.43. The number of fused-ring (bicyclic) bond motifs is 1. The zero-order valence-corrected chi connectivity index (χ0v) is 12.1. The SMILES string of the molecule is C=C[C@@H]1O[C@@H]2C=CCN(C(=O)OC(C)(C)C)[C@H]2[C@@H]1C=O. The number of carbonyl (C=O) groups is 2. The van der Waals surface area contributed by atoms with Crippen LogP contribution in [0.15, 0.2) is 24.8 Å². The van der Waals surface area contributed by atoms with Gasteiger partial charge >= 0.3 is 6.09 Å². The van der Waals surface area contributed by atoms with E-state index in [1.165, 1.54) is 0 Å². The van der Waals surface area contributed by atoms with Crippen molar-refractivity contribution in [3.8, 4) is 0 Å². The van der Waals surface area contributed by atoms with Gasteiger partial charge in [0.15, 0.2) is 0 Å². The highest BCUT2D eigenvalue weighted by atomic mass is 16.6. The Kier molecular flexibility index (Phi) is 3.99. The number of rotatable bonds is 2. The minimum atomic E-state index is -0.568. The molecule has 4 atom stereocenters. The molecule has 5 nitrogen and oxygen atoms in total. The zero-order chi connectivity index (χ0) is 14.9. The quantitative estimate of drug-likeness (QED) is 0.572. The Morgan fingerprint density at radius 2 is 2.20 bits per heavy atom. The smallest absolute Gasteiger partial charge is 0.410 e. The van der Waals surface area contributed by atoms with E-state index in [1.54, 1.807) is 11.0 Å². The Morgan fingerprint density at radius 3 is 2.75 bits per heavy atom. The first-order valence-electron chi connectivity index (χ1n) is 6.77. The molecule has 0 aromatic heterocycles. The molecule has 5 heteroatoms. The first kappa shape index (κ1) is 14.8. The van der Waals surface area contributed by atoms with Crippen molar-refractivity contribution in [2.75, 3.05) is 6.54 Å². The molecule has 110 valence electrons. The third kappa shape index (κ3) is 2.77. The summed E-state index contributed by atoms with van der Waals surface area (Å²) in [5.41, 5.74) is -0.568. The van der Waals surface area contributed by atoms with E-state index in [1.807, 2.05) is 32.9 Å². The van der Waals surface area contributed by atoms with Crippen LogP contribution < -0.4 is 0 Å². The van der Waals surface area contributed by atoms with Crippen molar-refractivity contribution >= 4 is 12.4 Å². The lowest BCUT2D eigenvalue weighted by molar-refractivity contribution is -0.112. The van der Waals surface area contributed by atoms with Crippen LogP contribution in [-0.4, -0.2) is 47.7 Å². The van der Waals surface area contributed by atoms with E-state index in [9.17, 15) is 9.59 Å². The summed E-state index contributed by atoms with van der Waals surface area (Å²) in [7, 11) is 0. The van der Waals surface area contributed by atoms with Gasteiger partial charge in [-0.1, -0.05) is 18.2 Å². The maximum atomic E-state index is 12.3. The van der Waals surface area contributed by atoms with Crippen molar-refractivity contribution in [1.82, 2.24) is 4.90 Å². The Bertz CT molecular complexity index is 438. The van der Waals surface area contributed by atoms with Gasteiger partial charge in [-0.3, -0.25) is 4.90 Å². The van der Waals surface area contributed by atoms with Crippen LogP contribution in [0.1, 0.15) is 20.8 Å². The fourth-order valence-corrected chi connectivity index (χ4v) is 2.63. The molecule has 0 aromatic rings. The second-order valence-electron chi connectivity index (χ2n) is 6.07. The van der Waals surface area contributed by atoms with E-state index in [-0.39, 0.29) is 18.2 Å². The Balaban J connectivity index is 2.22. The molecule has 0 saturated carbocycles. The fraction of sp³-hybridized carbons (Fsp3) is 0.600. The second-order valence-corrected chi connectivity index (χ2v) is 6.07. The summed E-state index contributed by atoms with van der Waals surface area (Å²) in [5, 5.41) is 0. The van der Waals surface area contributed by atoms with Crippen molar-refractivity contribution in [1.29, 1.82) is 0 Å². The minimum Gasteiger partial charge on any atom is -0.444 e. The van der Waals surface area contributed by atoms with Crippen molar-refractivity contribution < 1.29 is 19.1 Å². The molecule has 0 aliphatic carbocycles. The van der Waals surface area contributed by atoms with Crippen LogP contribution in [0.5, 0.6) is 0 Å². The third-order valence-corrected chi connectivity index (χ3v) is 3.43. The molecule has 0 unspecified atom stereocenters. The van der Waals surface area contributed by atoms with Gasteiger partial charge < -0.3 is 14.3 Å². The van der Waals surface area contributed by atoms with Crippen LogP contribution in [0, 0.1) is 5.92 Å². The number of amides is 1. The molecular formula is C15H21NO4. The van der Waals surface area contributed by atoms with Crippen molar-refractivity contribution in [3.05, 3.63) is 24.8 Å². The summed E-state index contributed by atoms with van der Waals surface area (Å²) < 4.78 is 11.1. The van der Waals surface area contributed by atoms with E-state index < -0.39 is 17.6 Å². The number of aldehydes is 1. The number of hydrogen-bond acceptors (Lipinski definition) is 4. The Labute approximate surface area is 119 Å². The van der Waals surface area contributed by atoms with Crippen LogP contribution in [0.3, 0.4) is 0 Å². The molecule has 2 aliphatic heterocycles. The molecule has 0 spiro atoms. The summed E-state index contributed by atoms with van der Waals surface area (Å²) in [6.45, 7) is 9.56. The molecule has 2 heterocycles. The van der Waals surface area contributed by atoms with Crippen molar-refractivity contribution in [3.63, 3.8) is 0 Å². The summed E-state index contributed by atoms with van der Waals surface area (Å²) in [6.07, 6.45) is 5.14. The van der Waals surface area contributed by atoms with E-state index in [2.05, 4.69) is 6.58 Å². The first-order valence-corrected chi connectivity index (χ1v) is 6.77. The Hall–Kier alpha value is -1.62. The van der Waals surface area contributed by atoms with Gasteiger partial charge in [0, 0.05) is 6.54 Å². The van der Waals surface area contributed by atoms with Gasteiger partial charge in [0.25, 0.3) is 0 Å². The molecule has 2 rings (SSSR count). The first-order chi connectivity index (χ1) is 9.37. The zero-order valence-electron chi connectivity index (χ0n) is 12.1. The van der Waals surface area contributed by atoms with Gasteiger partial charge in [-0.15, -0.1) is 6.58 Å². The lowest BCUT2D eigenvalue weighted by Crippen LogP contribution is -2.51. The summed E-state index contributed by atoms with van der Waals surface area (Å²) in [6, 6.07) is -0.324. The lowest BCUT2D eigenvalue weighted by Gasteiger charge is -2.36. The van der Waals surface area contributed by atoms with Crippen LogP contribution >= 0.6 is 0 Å². The van der Waals surface area contributed by atoms with Gasteiger partial charge in [-0.2, -0.15) is 0 Å². The molecule has 0 N–H and O–H groups in total. The van der Waals surface area contributed by atoms with E-state index in [0.29, 0.717) is 6.54 Å². The molecule has 1 amide bonds. The van der Waals surface area contributed by atoms with Crippen LogP contribution in [0.25, 0.3) is 0 Å². The van der Waals surface area contributed by atoms with E-state index in [0.717, 1.165) is 6.29 Å². The minimum absolute atomic E-state index is 0.283. The van der Waals surface area contributed by atoms with E-state index in [4.69, 9.17) is 9.47 Å². The standard InChI is InChI=1S/C15H21NO4/c1-5-11-10(9-17)13-12(19-11)7-6-8-16(13)14(18)20-15(2,3)4/h5-7,9-13H,1,8H2,2-4H3/t10-,11+,12-,13+/m1/s1. The molecule has 0 bridgehead atoms. The predicted molar refractivity (Wildman–Crippen MR) is 74.3 cm³/mol. The normalized spacial score (nSPS) is 32.6. The number of hydrogen-bond donors (Lipinski definition) is 0. The number of carbonyl (C=O) groups excluding carboxylic acids is 2. The number of ether oxygens (including phenoxy) is 2. The van der Waals surface area contributed by atoms with Crippen molar-refractivity contribution in [2.45, 2.75) is 44.6 Å². The molecular weight excluding hydrogens is 258 g/mol. The van der Waals surface area contributed by atoms with Crippen LogP contribution in [0.2, 0.25) is 0 Å². The lowest BCUT2D eigenvalue weighted by atomic mass is 9.92. The molecule has 2 aliphatic rings. The highest BCUT2D eigenvalue weighted by Gasteiger charge is 2.48. The second kappa shape index (κ2) is 5.40. The Morgan fingerprint density at radius 1 is 1.50 bits per heavy atom. The molecule has 0 radical (unpaired) electrons. The topological polar surface area (TPSA) is 55.8 Å². The predicted octanol–water partition coefficient (Wildman–Crippen LogP) is 1.93. The van der Waals surface area contributed by atoms with Crippen LogP contribution in [0.4, 0.5) is 4.79 Å². The van der Waals surface area contributed by atoms with Crippen LogP contribution in [-0.2, 0) is 14.3 Å². The highest BCUT2D eigenvalue weighted by Crippen LogP contribution is 2.34. The highest BCUT2D eigenvalue weighted by molar-refractivity contribution is 5.71. The van der Waals surface area contributed by atoms with Gasteiger partial charge in [0.05, 0.1) is 24.2 Å². The van der Waals surface area contributed by atoms with Gasteiger partial charge in [0.2, 0.25) is 0 Å². The monoisotopic (exact) mass is 279 g/mol. The van der Waals surface area contributed by atoms with Gasteiger partial charge in [-0.05, 0) is 20.8 Å². The molecule has 0 aromatic carbocycles. The molecule has 1 fully saturated rings. The van der Waals surface area contributed by atoms with Gasteiger partial charge in [-0.25, -0.2) is 4.79 Å². The van der Waals surface area contributed by atoms with E-state index >= 15 is 0 Å². The van der Waals surface area contributed by atoms with Gasteiger partial charge in [0.1, 0.15) is 11.9 Å². The average molecular weight is 279 g/mol. The summed E-state index contributed by atoms with van der Waals surface area (Å²) in [4.78, 5) is 25.2. The molecule has 1 saturated heterocycles. The van der Waals surface area contributed by atoms with Crippen molar-refractivity contribution in [2.24, 2.45) is 5.92 Å². The largest absolute Gasteiger partial charge is 0.444 e. The fourth-order valence-electron chi connectivity index (χ4n) is 2.63. The maximum absolute atomic E-state index is 12.3.